The van der Waals surface area contributed by atoms with Crippen LogP contribution in [0.4, 0.5) is 0 Å². The molecule has 1 N–H and O–H groups in total. The number of hydrogen-bond acceptors (Lipinski definition) is 3. The zero-order valence-electron chi connectivity index (χ0n) is 11.7. The van der Waals surface area contributed by atoms with E-state index < -0.39 is 0 Å². The number of morpholine rings is 1. The molecule has 1 saturated heterocycles. The van der Waals surface area contributed by atoms with Gasteiger partial charge >= 0.3 is 0 Å². The molecule has 0 bridgehead atoms. The molecule has 1 fully saturated rings. The standard InChI is InChI=1S/C18H17NOS/c1-2-6-13(7-3-1)15-12-20-16(11-19-15)18-10-14-8-4-5-9-17(14)21-18/h1-10,15-16,19H,11-12H2. The van der Waals surface area contributed by atoms with Crippen LogP contribution in [-0.2, 0) is 4.74 Å². The summed E-state index contributed by atoms with van der Waals surface area (Å²) in [5.41, 5.74) is 1.30. The number of fused-ring (bicyclic) bond motifs is 1. The van der Waals surface area contributed by atoms with Crippen molar-refractivity contribution in [3.05, 3.63) is 71.1 Å². The van der Waals surface area contributed by atoms with Gasteiger partial charge in [0.15, 0.2) is 0 Å². The van der Waals surface area contributed by atoms with Crippen molar-refractivity contribution >= 4 is 21.4 Å². The maximum atomic E-state index is 6.11. The van der Waals surface area contributed by atoms with Gasteiger partial charge in [0, 0.05) is 16.1 Å². The second-order valence-electron chi connectivity index (χ2n) is 5.38. The van der Waals surface area contributed by atoms with Gasteiger partial charge in [-0.05, 0) is 23.1 Å². The van der Waals surface area contributed by atoms with Gasteiger partial charge in [0.1, 0.15) is 6.10 Å². The molecule has 2 aromatic carbocycles. The van der Waals surface area contributed by atoms with Gasteiger partial charge in [0.2, 0.25) is 0 Å². The molecule has 2 atom stereocenters. The van der Waals surface area contributed by atoms with Crippen LogP contribution in [0.3, 0.4) is 0 Å². The Morgan fingerprint density at radius 3 is 2.57 bits per heavy atom. The fraction of sp³-hybridized carbons (Fsp3) is 0.222. The van der Waals surface area contributed by atoms with Crippen molar-refractivity contribution in [2.75, 3.05) is 13.2 Å². The molecule has 0 aliphatic carbocycles. The first kappa shape index (κ1) is 13.0. The maximum Gasteiger partial charge on any atom is 0.104 e. The van der Waals surface area contributed by atoms with Gasteiger partial charge in [-0.3, -0.25) is 0 Å². The van der Waals surface area contributed by atoms with Gasteiger partial charge in [0.05, 0.1) is 12.6 Å². The molecule has 2 heterocycles. The average Bonchev–Trinajstić information content (AvgIpc) is 3.00. The largest absolute Gasteiger partial charge is 0.369 e. The summed E-state index contributed by atoms with van der Waals surface area (Å²) in [6.45, 7) is 1.59. The second kappa shape index (κ2) is 5.60. The molecular weight excluding hydrogens is 278 g/mol. The fourth-order valence-corrected chi connectivity index (χ4v) is 3.94. The third-order valence-electron chi connectivity index (χ3n) is 3.98. The number of ether oxygens (including phenoxy) is 1. The average molecular weight is 295 g/mol. The van der Waals surface area contributed by atoms with E-state index in [4.69, 9.17) is 4.74 Å². The van der Waals surface area contributed by atoms with E-state index >= 15 is 0 Å². The van der Waals surface area contributed by atoms with Crippen molar-refractivity contribution in [3.63, 3.8) is 0 Å². The van der Waals surface area contributed by atoms with Gasteiger partial charge in [0.25, 0.3) is 0 Å². The molecule has 2 nitrogen and oxygen atoms in total. The molecule has 1 aliphatic heterocycles. The van der Waals surface area contributed by atoms with E-state index in [1.165, 1.54) is 20.5 Å². The quantitative estimate of drug-likeness (QED) is 0.761. The summed E-state index contributed by atoms with van der Waals surface area (Å²) in [5.74, 6) is 0. The summed E-state index contributed by atoms with van der Waals surface area (Å²) < 4.78 is 7.44. The Hall–Kier alpha value is -1.68. The van der Waals surface area contributed by atoms with E-state index in [2.05, 4.69) is 59.9 Å². The number of benzene rings is 2. The Morgan fingerprint density at radius 2 is 1.81 bits per heavy atom. The smallest absolute Gasteiger partial charge is 0.104 e. The van der Waals surface area contributed by atoms with Crippen LogP contribution in [0.25, 0.3) is 10.1 Å². The lowest BCUT2D eigenvalue weighted by Gasteiger charge is -2.30. The highest BCUT2D eigenvalue weighted by molar-refractivity contribution is 7.19. The first-order chi connectivity index (χ1) is 10.4. The van der Waals surface area contributed by atoms with Gasteiger partial charge in [-0.25, -0.2) is 0 Å². The summed E-state index contributed by atoms with van der Waals surface area (Å²) in [5, 5.41) is 4.92. The van der Waals surface area contributed by atoms with E-state index in [9.17, 15) is 0 Å². The van der Waals surface area contributed by atoms with Gasteiger partial charge < -0.3 is 10.1 Å². The Labute approximate surface area is 128 Å². The van der Waals surface area contributed by atoms with Crippen LogP contribution in [-0.4, -0.2) is 13.2 Å². The Balaban J connectivity index is 1.50. The molecule has 0 saturated carbocycles. The zero-order valence-corrected chi connectivity index (χ0v) is 12.5. The third kappa shape index (κ3) is 2.60. The highest BCUT2D eigenvalue weighted by Gasteiger charge is 2.24. The predicted octanol–water partition coefficient (Wildman–Crippen LogP) is 4.30. The molecule has 1 aromatic heterocycles. The van der Waals surface area contributed by atoms with E-state index in [0.717, 1.165) is 13.2 Å². The van der Waals surface area contributed by atoms with Crippen LogP contribution in [0.1, 0.15) is 22.6 Å². The van der Waals surface area contributed by atoms with Crippen LogP contribution in [0.2, 0.25) is 0 Å². The predicted molar refractivity (Wildman–Crippen MR) is 87.7 cm³/mol. The number of hydrogen-bond donors (Lipinski definition) is 1. The lowest BCUT2D eigenvalue weighted by atomic mass is 10.1. The molecule has 3 heteroatoms. The summed E-state index contributed by atoms with van der Waals surface area (Å²) in [7, 11) is 0. The molecule has 106 valence electrons. The summed E-state index contributed by atoms with van der Waals surface area (Å²) in [6.07, 6.45) is 0.169. The Bertz CT molecular complexity index is 696. The minimum Gasteiger partial charge on any atom is -0.369 e. The molecular formula is C18H17NOS. The minimum absolute atomic E-state index is 0.169. The topological polar surface area (TPSA) is 21.3 Å². The molecule has 4 rings (SSSR count). The van der Waals surface area contributed by atoms with E-state index in [1.54, 1.807) is 0 Å². The van der Waals surface area contributed by atoms with Crippen molar-refractivity contribution < 1.29 is 4.74 Å². The molecule has 0 radical (unpaired) electrons. The van der Waals surface area contributed by atoms with Crippen LogP contribution in [0.5, 0.6) is 0 Å². The van der Waals surface area contributed by atoms with Crippen molar-refractivity contribution in [1.82, 2.24) is 5.32 Å². The van der Waals surface area contributed by atoms with Gasteiger partial charge in [-0.2, -0.15) is 0 Å². The minimum atomic E-state index is 0.169. The second-order valence-corrected chi connectivity index (χ2v) is 6.50. The van der Waals surface area contributed by atoms with E-state index in [-0.39, 0.29) is 6.10 Å². The molecule has 3 aromatic rings. The lowest BCUT2D eigenvalue weighted by molar-refractivity contribution is 0.00445. The summed E-state index contributed by atoms with van der Waals surface area (Å²) in [6, 6.07) is 21.6. The maximum absolute atomic E-state index is 6.11. The first-order valence-electron chi connectivity index (χ1n) is 7.28. The molecule has 0 spiro atoms. The third-order valence-corrected chi connectivity index (χ3v) is 5.19. The summed E-state index contributed by atoms with van der Waals surface area (Å²) >= 11 is 1.84. The van der Waals surface area contributed by atoms with Gasteiger partial charge in [-0.1, -0.05) is 48.5 Å². The highest BCUT2D eigenvalue weighted by Crippen LogP contribution is 2.33. The van der Waals surface area contributed by atoms with Gasteiger partial charge in [-0.15, -0.1) is 11.3 Å². The van der Waals surface area contributed by atoms with Crippen LogP contribution in [0.15, 0.2) is 60.7 Å². The van der Waals surface area contributed by atoms with Crippen LogP contribution >= 0.6 is 11.3 Å². The molecule has 0 amide bonds. The monoisotopic (exact) mass is 295 g/mol. The fourth-order valence-electron chi connectivity index (χ4n) is 2.82. The number of rotatable bonds is 2. The van der Waals surface area contributed by atoms with Crippen molar-refractivity contribution in [2.45, 2.75) is 12.1 Å². The van der Waals surface area contributed by atoms with Crippen molar-refractivity contribution in [2.24, 2.45) is 0 Å². The zero-order chi connectivity index (χ0) is 14.1. The highest BCUT2D eigenvalue weighted by atomic mass is 32.1. The van der Waals surface area contributed by atoms with Crippen molar-refractivity contribution in [1.29, 1.82) is 0 Å². The van der Waals surface area contributed by atoms with Crippen molar-refractivity contribution in [3.8, 4) is 0 Å². The molecule has 1 aliphatic rings. The van der Waals surface area contributed by atoms with E-state index in [1.807, 2.05) is 17.4 Å². The lowest BCUT2D eigenvalue weighted by Crippen LogP contribution is -2.36. The number of nitrogens with one attached hydrogen (secondary N) is 1. The first-order valence-corrected chi connectivity index (χ1v) is 8.10. The Morgan fingerprint density at radius 1 is 1.00 bits per heavy atom. The number of thiophene rings is 1. The normalized spacial score (nSPS) is 22.5. The van der Waals surface area contributed by atoms with Crippen LogP contribution < -0.4 is 5.32 Å². The Kier molecular flexibility index (Phi) is 3.47. The molecule has 21 heavy (non-hydrogen) atoms. The van der Waals surface area contributed by atoms with Crippen LogP contribution in [0, 0.1) is 0 Å². The van der Waals surface area contributed by atoms with E-state index in [0.29, 0.717) is 6.04 Å². The summed E-state index contributed by atoms with van der Waals surface area (Å²) in [4.78, 5) is 1.32. The SMILES string of the molecule is c1ccc(C2COC(c3cc4ccccc4s3)CN2)cc1. The molecule has 2 unspecified atom stereocenters.